The number of hydrogen-bond donors (Lipinski definition) is 2. The fourth-order valence-corrected chi connectivity index (χ4v) is 2.03. The van der Waals surface area contributed by atoms with Crippen LogP contribution in [0.25, 0.3) is 0 Å². The van der Waals surface area contributed by atoms with Crippen molar-refractivity contribution in [1.29, 1.82) is 0 Å². The van der Waals surface area contributed by atoms with Crippen molar-refractivity contribution < 1.29 is 10.0 Å². The summed E-state index contributed by atoms with van der Waals surface area (Å²) >= 11 is 1.63. The standard InChI is InChI=1S/C13H19N3O2S/c1-9(8-12(14)15-18)16(2)13(17)10-4-6-11(19-3)7-5-10/h4-7,9,18H,8H2,1-3H3,(H2,14,15). The minimum Gasteiger partial charge on any atom is -0.409 e. The first kappa shape index (κ1) is 15.4. The summed E-state index contributed by atoms with van der Waals surface area (Å²) in [5.74, 6) is 0.0378. The zero-order valence-electron chi connectivity index (χ0n) is 11.3. The van der Waals surface area contributed by atoms with Crippen molar-refractivity contribution in [3.8, 4) is 0 Å². The van der Waals surface area contributed by atoms with Crippen LogP contribution in [-0.4, -0.2) is 41.2 Å². The molecule has 1 aromatic carbocycles. The molecule has 0 heterocycles. The van der Waals surface area contributed by atoms with Crippen LogP contribution >= 0.6 is 11.8 Å². The molecule has 3 N–H and O–H groups in total. The molecule has 0 aliphatic rings. The van der Waals surface area contributed by atoms with Crippen LogP contribution in [0.2, 0.25) is 0 Å². The molecular formula is C13H19N3O2S. The average molecular weight is 281 g/mol. The van der Waals surface area contributed by atoms with Crippen LogP contribution in [0.4, 0.5) is 0 Å². The second-order valence-electron chi connectivity index (χ2n) is 4.29. The number of hydrogen-bond acceptors (Lipinski definition) is 4. The molecule has 1 atom stereocenters. The van der Waals surface area contributed by atoms with Crippen LogP contribution in [0.3, 0.4) is 0 Å². The highest BCUT2D eigenvalue weighted by atomic mass is 32.2. The summed E-state index contributed by atoms with van der Waals surface area (Å²) in [6, 6.07) is 7.31. The summed E-state index contributed by atoms with van der Waals surface area (Å²) in [4.78, 5) is 14.9. The molecule has 1 amide bonds. The molecule has 0 saturated carbocycles. The Labute approximate surface area is 117 Å². The summed E-state index contributed by atoms with van der Waals surface area (Å²) in [7, 11) is 1.71. The average Bonchev–Trinajstić information content (AvgIpc) is 2.45. The van der Waals surface area contributed by atoms with E-state index in [1.807, 2.05) is 25.3 Å². The molecule has 0 fully saturated rings. The van der Waals surface area contributed by atoms with E-state index in [1.54, 1.807) is 35.8 Å². The Kier molecular flexibility index (Phi) is 5.69. The van der Waals surface area contributed by atoms with Gasteiger partial charge in [-0.1, -0.05) is 5.16 Å². The Morgan fingerprint density at radius 2 is 2.05 bits per heavy atom. The highest BCUT2D eigenvalue weighted by molar-refractivity contribution is 7.98. The van der Waals surface area contributed by atoms with Gasteiger partial charge < -0.3 is 15.8 Å². The molecule has 0 aliphatic carbocycles. The van der Waals surface area contributed by atoms with E-state index in [0.29, 0.717) is 12.0 Å². The van der Waals surface area contributed by atoms with Gasteiger partial charge in [0, 0.05) is 30.0 Å². The lowest BCUT2D eigenvalue weighted by atomic mass is 10.1. The van der Waals surface area contributed by atoms with Crippen LogP contribution in [0.15, 0.2) is 34.3 Å². The van der Waals surface area contributed by atoms with E-state index >= 15 is 0 Å². The van der Waals surface area contributed by atoms with Gasteiger partial charge in [0.05, 0.1) is 0 Å². The van der Waals surface area contributed by atoms with E-state index in [9.17, 15) is 4.79 Å². The van der Waals surface area contributed by atoms with E-state index in [0.717, 1.165) is 4.90 Å². The third-order valence-corrected chi connectivity index (χ3v) is 3.70. The second-order valence-corrected chi connectivity index (χ2v) is 5.17. The van der Waals surface area contributed by atoms with Crippen LogP contribution in [-0.2, 0) is 0 Å². The van der Waals surface area contributed by atoms with E-state index in [1.165, 1.54) is 0 Å². The van der Waals surface area contributed by atoms with Gasteiger partial charge in [-0.2, -0.15) is 0 Å². The normalized spacial score (nSPS) is 13.1. The molecule has 0 aromatic heterocycles. The first-order valence-corrected chi connectivity index (χ1v) is 7.09. The molecule has 0 bridgehead atoms. The Balaban J connectivity index is 2.75. The quantitative estimate of drug-likeness (QED) is 0.284. The third-order valence-electron chi connectivity index (χ3n) is 2.95. The minimum absolute atomic E-state index is 0.0779. The molecule has 1 unspecified atom stereocenters. The highest BCUT2D eigenvalue weighted by Crippen LogP contribution is 2.16. The largest absolute Gasteiger partial charge is 0.409 e. The number of nitrogens with two attached hydrogens (primary N) is 1. The fraction of sp³-hybridized carbons (Fsp3) is 0.385. The fourth-order valence-electron chi connectivity index (χ4n) is 1.62. The lowest BCUT2D eigenvalue weighted by molar-refractivity contribution is 0.0747. The molecule has 5 nitrogen and oxygen atoms in total. The van der Waals surface area contributed by atoms with E-state index in [4.69, 9.17) is 10.9 Å². The number of carbonyl (C=O) groups is 1. The topological polar surface area (TPSA) is 78.9 Å². The Morgan fingerprint density at radius 3 is 2.53 bits per heavy atom. The Hall–Kier alpha value is -1.69. The predicted molar refractivity (Wildman–Crippen MR) is 77.8 cm³/mol. The summed E-state index contributed by atoms with van der Waals surface area (Å²) in [5, 5.41) is 11.5. The Morgan fingerprint density at radius 1 is 1.47 bits per heavy atom. The van der Waals surface area contributed by atoms with E-state index < -0.39 is 0 Å². The van der Waals surface area contributed by atoms with Gasteiger partial charge in [0.15, 0.2) is 0 Å². The molecule has 104 valence electrons. The molecule has 6 heteroatoms. The van der Waals surface area contributed by atoms with Gasteiger partial charge in [-0.3, -0.25) is 4.79 Å². The molecule has 1 rings (SSSR count). The smallest absolute Gasteiger partial charge is 0.253 e. The molecule has 1 aromatic rings. The van der Waals surface area contributed by atoms with Crippen LogP contribution in [0.1, 0.15) is 23.7 Å². The number of benzene rings is 1. The maximum absolute atomic E-state index is 12.2. The zero-order chi connectivity index (χ0) is 14.4. The van der Waals surface area contributed by atoms with Crippen LogP contribution in [0, 0.1) is 0 Å². The maximum Gasteiger partial charge on any atom is 0.253 e. The summed E-state index contributed by atoms with van der Waals surface area (Å²) in [5.41, 5.74) is 6.08. The van der Waals surface area contributed by atoms with Gasteiger partial charge in [-0.15, -0.1) is 11.8 Å². The lowest BCUT2D eigenvalue weighted by Crippen LogP contribution is -2.37. The number of rotatable bonds is 5. The number of carbonyl (C=O) groups excluding carboxylic acids is 1. The summed E-state index contributed by atoms with van der Waals surface area (Å²) in [6.07, 6.45) is 2.32. The van der Waals surface area contributed by atoms with Gasteiger partial charge in [0.25, 0.3) is 5.91 Å². The number of amides is 1. The zero-order valence-corrected chi connectivity index (χ0v) is 12.1. The van der Waals surface area contributed by atoms with Crippen molar-refractivity contribution in [3.63, 3.8) is 0 Å². The number of thioether (sulfide) groups is 1. The molecule has 0 aliphatic heterocycles. The number of amidine groups is 1. The van der Waals surface area contributed by atoms with Crippen LogP contribution in [0.5, 0.6) is 0 Å². The highest BCUT2D eigenvalue weighted by Gasteiger charge is 2.18. The van der Waals surface area contributed by atoms with Gasteiger partial charge in [-0.25, -0.2) is 0 Å². The van der Waals surface area contributed by atoms with Crippen molar-refractivity contribution in [2.75, 3.05) is 13.3 Å². The van der Waals surface area contributed by atoms with Crippen molar-refractivity contribution in [2.45, 2.75) is 24.3 Å². The van der Waals surface area contributed by atoms with Crippen molar-refractivity contribution in [2.24, 2.45) is 10.9 Å². The SMILES string of the molecule is CSc1ccc(C(=O)N(C)C(C)CC(N)=NO)cc1. The monoisotopic (exact) mass is 281 g/mol. The molecule has 0 saturated heterocycles. The maximum atomic E-state index is 12.2. The molecule has 0 spiro atoms. The Bertz CT molecular complexity index is 459. The number of nitrogens with zero attached hydrogens (tertiary/aromatic N) is 2. The lowest BCUT2D eigenvalue weighted by Gasteiger charge is -2.24. The molecule has 19 heavy (non-hydrogen) atoms. The van der Waals surface area contributed by atoms with Crippen molar-refractivity contribution in [1.82, 2.24) is 4.90 Å². The van der Waals surface area contributed by atoms with Gasteiger partial charge in [-0.05, 0) is 37.4 Å². The van der Waals surface area contributed by atoms with Gasteiger partial charge >= 0.3 is 0 Å². The van der Waals surface area contributed by atoms with Gasteiger partial charge in [0.1, 0.15) is 5.84 Å². The first-order chi connectivity index (χ1) is 8.99. The third kappa shape index (κ3) is 4.17. The van der Waals surface area contributed by atoms with Crippen LogP contribution < -0.4 is 5.73 Å². The van der Waals surface area contributed by atoms with Gasteiger partial charge in [0.2, 0.25) is 0 Å². The van der Waals surface area contributed by atoms with E-state index in [-0.39, 0.29) is 17.8 Å². The molecular weight excluding hydrogens is 262 g/mol. The second kappa shape index (κ2) is 7.04. The minimum atomic E-state index is -0.136. The predicted octanol–water partition coefficient (Wildman–Crippen LogP) is 2.01. The summed E-state index contributed by atoms with van der Waals surface area (Å²) < 4.78 is 0. The van der Waals surface area contributed by atoms with Crippen molar-refractivity contribution >= 4 is 23.5 Å². The first-order valence-electron chi connectivity index (χ1n) is 5.87. The molecule has 0 radical (unpaired) electrons. The number of oxime groups is 1. The summed E-state index contributed by atoms with van der Waals surface area (Å²) in [6.45, 7) is 1.85. The van der Waals surface area contributed by atoms with E-state index in [2.05, 4.69) is 5.16 Å². The van der Waals surface area contributed by atoms with Crippen molar-refractivity contribution in [3.05, 3.63) is 29.8 Å².